The number of nitrogens with zero attached hydrogens (tertiary/aromatic N) is 4. The molecule has 2 rings (SSSR count). The van der Waals surface area contributed by atoms with Gasteiger partial charge in [-0.05, 0) is 49.7 Å². The third kappa shape index (κ3) is 3.34. The van der Waals surface area contributed by atoms with Crippen molar-refractivity contribution in [3.05, 3.63) is 34.3 Å². The van der Waals surface area contributed by atoms with Crippen LogP contribution in [0.15, 0.2) is 22.9 Å². The topological polar surface area (TPSA) is 64.7 Å². The maximum absolute atomic E-state index is 12.4. The molecule has 0 saturated heterocycles. The van der Waals surface area contributed by atoms with Crippen LogP contribution in [-0.2, 0) is 11.3 Å². The van der Waals surface area contributed by atoms with Gasteiger partial charge in [0.25, 0.3) is 0 Å². The Hall–Kier alpha value is -1.63. The molecular weight excluding hydrogens is 334 g/mol. The molecule has 0 fully saturated rings. The molecule has 2 atom stereocenters. The van der Waals surface area contributed by atoms with Gasteiger partial charge in [0, 0.05) is 18.9 Å². The van der Waals surface area contributed by atoms with E-state index in [9.17, 15) is 4.79 Å². The van der Waals surface area contributed by atoms with Crippen LogP contribution in [-0.4, -0.2) is 25.5 Å². The molecule has 0 bridgehead atoms. The largest absolute Gasteiger partial charge is 0.346 e. The Morgan fingerprint density at radius 2 is 2.19 bits per heavy atom. The predicted octanol–water partition coefficient (Wildman–Crippen LogP) is 2.61. The molecule has 2 aromatic heterocycles. The molecule has 2 aromatic rings. The zero-order valence-corrected chi connectivity index (χ0v) is 14.3. The molecular formula is C14H20BrN5O. The Morgan fingerprint density at radius 1 is 1.48 bits per heavy atom. The van der Waals surface area contributed by atoms with Crippen LogP contribution >= 0.6 is 15.9 Å². The van der Waals surface area contributed by atoms with Crippen molar-refractivity contribution >= 4 is 21.8 Å². The summed E-state index contributed by atoms with van der Waals surface area (Å²) in [6, 6.07) is 1.46. The van der Waals surface area contributed by atoms with E-state index in [0.717, 1.165) is 22.4 Å². The van der Waals surface area contributed by atoms with Gasteiger partial charge in [-0.2, -0.15) is 10.2 Å². The summed E-state index contributed by atoms with van der Waals surface area (Å²) in [6.45, 7) is 8.49. The van der Waals surface area contributed by atoms with Crippen LogP contribution in [0.2, 0.25) is 0 Å². The van der Waals surface area contributed by atoms with Crippen LogP contribution in [0.25, 0.3) is 0 Å². The maximum atomic E-state index is 12.4. The molecule has 0 radical (unpaired) electrons. The van der Waals surface area contributed by atoms with E-state index in [1.54, 1.807) is 10.9 Å². The molecule has 6 nitrogen and oxygen atoms in total. The molecule has 2 unspecified atom stereocenters. The second-order valence-electron chi connectivity index (χ2n) is 5.02. The van der Waals surface area contributed by atoms with E-state index >= 15 is 0 Å². The molecule has 21 heavy (non-hydrogen) atoms. The average Bonchev–Trinajstić information content (AvgIpc) is 3.05. The number of aromatic nitrogens is 4. The van der Waals surface area contributed by atoms with E-state index in [1.807, 2.05) is 44.6 Å². The smallest absolute Gasteiger partial charge is 0.245 e. The van der Waals surface area contributed by atoms with E-state index in [-0.39, 0.29) is 18.0 Å². The summed E-state index contributed by atoms with van der Waals surface area (Å²) in [4.78, 5) is 12.4. The molecule has 0 aliphatic heterocycles. The molecule has 0 aromatic carbocycles. The lowest BCUT2D eigenvalue weighted by Crippen LogP contribution is -2.34. The minimum absolute atomic E-state index is 0.0682. The van der Waals surface area contributed by atoms with Crippen molar-refractivity contribution in [1.82, 2.24) is 24.9 Å². The number of carbonyl (C=O) groups excluding carboxylic acids is 1. The van der Waals surface area contributed by atoms with Crippen LogP contribution in [0.4, 0.5) is 0 Å². The summed E-state index contributed by atoms with van der Waals surface area (Å²) in [5.74, 6) is -0.0682. The van der Waals surface area contributed by atoms with E-state index in [4.69, 9.17) is 0 Å². The first-order valence-electron chi connectivity index (χ1n) is 6.97. The van der Waals surface area contributed by atoms with Crippen molar-refractivity contribution < 1.29 is 4.79 Å². The Bertz CT molecular complexity index is 614. The number of hydrogen-bond acceptors (Lipinski definition) is 3. The highest BCUT2D eigenvalue weighted by Gasteiger charge is 2.20. The zero-order valence-electron chi connectivity index (χ0n) is 12.7. The number of amides is 1. The molecule has 0 aliphatic rings. The van der Waals surface area contributed by atoms with Crippen LogP contribution < -0.4 is 5.32 Å². The van der Waals surface area contributed by atoms with Crippen molar-refractivity contribution in [3.8, 4) is 0 Å². The van der Waals surface area contributed by atoms with Crippen LogP contribution in [0.1, 0.15) is 44.2 Å². The maximum Gasteiger partial charge on any atom is 0.245 e. The number of nitrogens with one attached hydrogen (secondary N) is 1. The number of hydrogen-bond donors (Lipinski definition) is 1. The lowest BCUT2D eigenvalue weighted by molar-refractivity contribution is -0.124. The summed E-state index contributed by atoms with van der Waals surface area (Å²) < 4.78 is 4.45. The van der Waals surface area contributed by atoms with E-state index < -0.39 is 0 Å². The average molecular weight is 354 g/mol. The molecule has 1 N–H and O–H groups in total. The minimum atomic E-state index is -0.365. The highest BCUT2D eigenvalue weighted by Crippen LogP contribution is 2.18. The van der Waals surface area contributed by atoms with Crippen LogP contribution in [0, 0.1) is 6.92 Å². The van der Waals surface area contributed by atoms with Gasteiger partial charge in [0.05, 0.1) is 21.9 Å². The third-order valence-corrected chi connectivity index (χ3v) is 4.26. The van der Waals surface area contributed by atoms with Crippen LogP contribution in [0.3, 0.4) is 0 Å². The lowest BCUT2D eigenvalue weighted by Gasteiger charge is -2.18. The van der Waals surface area contributed by atoms with Gasteiger partial charge in [-0.1, -0.05) is 0 Å². The Balaban J connectivity index is 2.07. The standard InChI is InChI=1S/C14H20BrN5O/c1-5-19-13(6-7-16-19)10(3)17-14(21)11(4)20-8-12(15)9(2)18-20/h6-8,10-11H,5H2,1-4H3,(H,17,21). The molecule has 114 valence electrons. The minimum Gasteiger partial charge on any atom is -0.346 e. The SMILES string of the molecule is CCn1nccc1C(C)NC(=O)C(C)n1cc(Br)c(C)n1. The first kappa shape index (κ1) is 15.8. The van der Waals surface area contributed by atoms with Crippen molar-refractivity contribution in [2.24, 2.45) is 0 Å². The van der Waals surface area contributed by atoms with E-state index in [0.29, 0.717) is 0 Å². The Kier molecular flexibility index (Phi) is 4.82. The van der Waals surface area contributed by atoms with Gasteiger partial charge in [0.2, 0.25) is 5.91 Å². The third-order valence-electron chi connectivity index (χ3n) is 3.48. The molecule has 7 heteroatoms. The van der Waals surface area contributed by atoms with Crippen molar-refractivity contribution in [2.45, 2.75) is 46.3 Å². The van der Waals surface area contributed by atoms with Gasteiger partial charge in [-0.25, -0.2) is 0 Å². The number of carbonyl (C=O) groups is 1. The Morgan fingerprint density at radius 3 is 2.76 bits per heavy atom. The molecule has 0 saturated carbocycles. The van der Waals surface area contributed by atoms with E-state index in [2.05, 4.69) is 31.4 Å². The summed E-state index contributed by atoms with van der Waals surface area (Å²) in [6.07, 6.45) is 3.57. The van der Waals surface area contributed by atoms with Crippen molar-refractivity contribution in [3.63, 3.8) is 0 Å². The molecule has 0 aliphatic carbocycles. The summed E-state index contributed by atoms with van der Waals surface area (Å²) in [7, 11) is 0. The quantitative estimate of drug-likeness (QED) is 0.898. The van der Waals surface area contributed by atoms with Gasteiger partial charge < -0.3 is 5.32 Å². The predicted molar refractivity (Wildman–Crippen MR) is 83.8 cm³/mol. The van der Waals surface area contributed by atoms with Crippen molar-refractivity contribution in [1.29, 1.82) is 0 Å². The second kappa shape index (κ2) is 6.43. The first-order valence-corrected chi connectivity index (χ1v) is 7.76. The monoisotopic (exact) mass is 353 g/mol. The van der Waals surface area contributed by atoms with Crippen molar-refractivity contribution in [2.75, 3.05) is 0 Å². The number of aryl methyl sites for hydroxylation is 2. The normalized spacial score (nSPS) is 14.0. The molecule has 2 heterocycles. The highest BCUT2D eigenvalue weighted by atomic mass is 79.9. The van der Waals surface area contributed by atoms with Gasteiger partial charge in [0.15, 0.2) is 0 Å². The summed E-state index contributed by atoms with van der Waals surface area (Å²) in [5.41, 5.74) is 1.86. The fourth-order valence-corrected chi connectivity index (χ4v) is 2.45. The fourth-order valence-electron chi connectivity index (χ4n) is 2.16. The zero-order chi connectivity index (χ0) is 15.6. The van der Waals surface area contributed by atoms with E-state index in [1.165, 1.54) is 0 Å². The Labute approximate surface area is 132 Å². The van der Waals surface area contributed by atoms with Gasteiger partial charge >= 0.3 is 0 Å². The first-order chi connectivity index (χ1) is 9.93. The summed E-state index contributed by atoms with van der Waals surface area (Å²) >= 11 is 3.41. The van der Waals surface area contributed by atoms with Gasteiger partial charge in [-0.15, -0.1) is 0 Å². The second-order valence-corrected chi connectivity index (χ2v) is 5.87. The number of rotatable bonds is 5. The fraction of sp³-hybridized carbons (Fsp3) is 0.500. The molecule has 0 spiro atoms. The van der Waals surface area contributed by atoms with Gasteiger partial charge in [-0.3, -0.25) is 14.2 Å². The molecule has 1 amide bonds. The lowest BCUT2D eigenvalue weighted by atomic mass is 10.2. The van der Waals surface area contributed by atoms with Gasteiger partial charge in [0.1, 0.15) is 6.04 Å². The highest BCUT2D eigenvalue weighted by molar-refractivity contribution is 9.10. The van der Waals surface area contributed by atoms with Crippen LogP contribution in [0.5, 0.6) is 0 Å². The summed E-state index contributed by atoms with van der Waals surface area (Å²) in [5, 5.41) is 11.6. The number of halogens is 1.